The number of aromatic nitrogens is 1. The van der Waals surface area contributed by atoms with Gasteiger partial charge in [0.25, 0.3) is 0 Å². The van der Waals surface area contributed by atoms with Gasteiger partial charge in [-0.1, -0.05) is 20.8 Å². The zero-order valence-electron chi connectivity index (χ0n) is 11.2. The second-order valence-corrected chi connectivity index (χ2v) is 6.05. The normalized spacial score (nSPS) is 18.3. The van der Waals surface area contributed by atoms with E-state index in [4.69, 9.17) is 4.74 Å². The number of rotatable bonds is 2. The van der Waals surface area contributed by atoms with Crippen LogP contribution in [0.3, 0.4) is 0 Å². The van der Waals surface area contributed by atoms with Crippen molar-refractivity contribution in [2.45, 2.75) is 45.4 Å². The molecule has 0 atom stereocenters. The lowest BCUT2D eigenvalue weighted by Crippen LogP contribution is -2.18. The number of ether oxygens (including phenoxy) is 1. The van der Waals surface area contributed by atoms with Crippen molar-refractivity contribution < 1.29 is 4.74 Å². The van der Waals surface area contributed by atoms with Crippen molar-refractivity contribution in [2.75, 3.05) is 13.2 Å². The third-order valence-corrected chi connectivity index (χ3v) is 3.52. The Morgan fingerprint density at radius 3 is 2.65 bits per heavy atom. The monoisotopic (exact) mass is 233 g/mol. The SMILES string of the molecule is CC(C)(C)c1ccnc(CC2CCOCC2)c1. The van der Waals surface area contributed by atoms with Crippen LogP contribution in [0.4, 0.5) is 0 Å². The highest BCUT2D eigenvalue weighted by atomic mass is 16.5. The van der Waals surface area contributed by atoms with Gasteiger partial charge in [0.05, 0.1) is 0 Å². The molecule has 1 aliphatic rings. The number of hydrogen-bond acceptors (Lipinski definition) is 2. The largest absolute Gasteiger partial charge is 0.381 e. The van der Waals surface area contributed by atoms with Gasteiger partial charge < -0.3 is 4.74 Å². The highest BCUT2D eigenvalue weighted by Crippen LogP contribution is 2.24. The molecule has 0 aliphatic carbocycles. The average molecular weight is 233 g/mol. The maximum Gasteiger partial charge on any atom is 0.0468 e. The van der Waals surface area contributed by atoms with Crippen molar-refractivity contribution >= 4 is 0 Å². The quantitative estimate of drug-likeness (QED) is 0.781. The Bertz CT molecular complexity index is 361. The zero-order chi connectivity index (χ0) is 12.3. The minimum Gasteiger partial charge on any atom is -0.381 e. The summed E-state index contributed by atoms with van der Waals surface area (Å²) in [5.74, 6) is 0.756. The summed E-state index contributed by atoms with van der Waals surface area (Å²) in [4.78, 5) is 4.51. The first kappa shape index (κ1) is 12.6. The third kappa shape index (κ3) is 3.53. The molecule has 2 heteroatoms. The van der Waals surface area contributed by atoms with Crippen LogP contribution in [0.2, 0.25) is 0 Å². The Hall–Kier alpha value is -0.890. The highest BCUT2D eigenvalue weighted by Gasteiger charge is 2.17. The van der Waals surface area contributed by atoms with Crippen LogP contribution >= 0.6 is 0 Å². The molecule has 0 N–H and O–H groups in total. The lowest BCUT2D eigenvalue weighted by Gasteiger charge is -2.23. The third-order valence-electron chi connectivity index (χ3n) is 3.52. The van der Waals surface area contributed by atoms with Crippen LogP contribution in [0.5, 0.6) is 0 Å². The van der Waals surface area contributed by atoms with E-state index in [9.17, 15) is 0 Å². The fraction of sp³-hybridized carbons (Fsp3) is 0.667. The molecule has 0 radical (unpaired) electrons. The topological polar surface area (TPSA) is 22.1 Å². The van der Waals surface area contributed by atoms with Crippen LogP contribution < -0.4 is 0 Å². The van der Waals surface area contributed by atoms with Gasteiger partial charge in [0.15, 0.2) is 0 Å². The smallest absolute Gasteiger partial charge is 0.0468 e. The van der Waals surface area contributed by atoms with Gasteiger partial charge in [-0.15, -0.1) is 0 Å². The van der Waals surface area contributed by atoms with E-state index in [0.29, 0.717) is 0 Å². The van der Waals surface area contributed by atoms with E-state index >= 15 is 0 Å². The van der Waals surface area contributed by atoms with Crippen LogP contribution in [0.25, 0.3) is 0 Å². The first-order valence-electron chi connectivity index (χ1n) is 6.59. The predicted molar refractivity (Wildman–Crippen MR) is 70.2 cm³/mol. The molecule has 0 amide bonds. The van der Waals surface area contributed by atoms with Crippen molar-refractivity contribution in [3.05, 3.63) is 29.6 Å². The average Bonchev–Trinajstić information content (AvgIpc) is 2.29. The molecule has 94 valence electrons. The summed E-state index contributed by atoms with van der Waals surface area (Å²) >= 11 is 0. The zero-order valence-corrected chi connectivity index (χ0v) is 11.2. The van der Waals surface area contributed by atoms with E-state index in [1.165, 1.54) is 24.1 Å². The van der Waals surface area contributed by atoms with Gasteiger partial charge in [-0.3, -0.25) is 4.98 Å². The number of pyridine rings is 1. The van der Waals surface area contributed by atoms with Gasteiger partial charge in [0, 0.05) is 25.1 Å². The second-order valence-electron chi connectivity index (χ2n) is 6.05. The van der Waals surface area contributed by atoms with Gasteiger partial charge in [0.1, 0.15) is 0 Å². The number of nitrogens with zero attached hydrogens (tertiary/aromatic N) is 1. The van der Waals surface area contributed by atoms with Gasteiger partial charge in [-0.05, 0) is 48.3 Å². The molecule has 1 aliphatic heterocycles. The van der Waals surface area contributed by atoms with Crippen LogP contribution in [0.1, 0.15) is 44.9 Å². The van der Waals surface area contributed by atoms with Crippen LogP contribution in [-0.4, -0.2) is 18.2 Å². The maximum atomic E-state index is 5.39. The van der Waals surface area contributed by atoms with E-state index in [2.05, 4.69) is 37.9 Å². The van der Waals surface area contributed by atoms with Crippen molar-refractivity contribution in [3.8, 4) is 0 Å². The Kier molecular flexibility index (Phi) is 3.82. The van der Waals surface area contributed by atoms with Gasteiger partial charge in [-0.25, -0.2) is 0 Å². The molecule has 1 aromatic rings. The molecule has 2 nitrogen and oxygen atoms in total. The summed E-state index contributed by atoms with van der Waals surface area (Å²) in [5.41, 5.74) is 2.84. The fourth-order valence-corrected chi connectivity index (χ4v) is 2.30. The molecule has 1 saturated heterocycles. The van der Waals surface area contributed by atoms with Crippen LogP contribution in [0.15, 0.2) is 18.3 Å². The second kappa shape index (κ2) is 5.18. The minimum atomic E-state index is 0.216. The molecule has 17 heavy (non-hydrogen) atoms. The molecule has 1 fully saturated rings. The standard InChI is InChI=1S/C15H23NO/c1-15(2,3)13-4-7-16-14(11-13)10-12-5-8-17-9-6-12/h4,7,11-12H,5-6,8-10H2,1-3H3. The Balaban J connectivity index is 2.05. The van der Waals surface area contributed by atoms with Gasteiger partial charge >= 0.3 is 0 Å². The molecular weight excluding hydrogens is 210 g/mol. The molecular formula is C15H23NO. The van der Waals surface area contributed by atoms with Crippen molar-refractivity contribution in [2.24, 2.45) is 5.92 Å². The summed E-state index contributed by atoms with van der Waals surface area (Å²) in [6.07, 6.45) is 5.42. The van der Waals surface area contributed by atoms with E-state index < -0.39 is 0 Å². The molecule has 0 aromatic carbocycles. The summed E-state index contributed by atoms with van der Waals surface area (Å²) in [6, 6.07) is 4.41. The predicted octanol–water partition coefficient (Wildman–Crippen LogP) is 3.35. The van der Waals surface area contributed by atoms with E-state index in [0.717, 1.165) is 25.6 Å². The molecule has 2 heterocycles. The van der Waals surface area contributed by atoms with Crippen LogP contribution in [-0.2, 0) is 16.6 Å². The molecule has 0 saturated carbocycles. The van der Waals surface area contributed by atoms with Gasteiger partial charge in [-0.2, -0.15) is 0 Å². The van der Waals surface area contributed by atoms with Gasteiger partial charge in [0.2, 0.25) is 0 Å². The van der Waals surface area contributed by atoms with E-state index in [-0.39, 0.29) is 5.41 Å². The maximum absolute atomic E-state index is 5.39. The van der Waals surface area contributed by atoms with Crippen molar-refractivity contribution in [1.29, 1.82) is 0 Å². The summed E-state index contributed by atoms with van der Waals surface area (Å²) in [7, 11) is 0. The first-order chi connectivity index (χ1) is 8.05. The Morgan fingerprint density at radius 2 is 2.00 bits per heavy atom. The van der Waals surface area contributed by atoms with E-state index in [1.54, 1.807) is 0 Å². The Labute approximate surface area is 104 Å². The Morgan fingerprint density at radius 1 is 1.29 bits per heavy atom. The molecule has 2 rings (SSSR count). The highest BCUT2D eigenvalue weighted by molar-refractivity contribution is 5.23. The first-order valence-corrected chi connectivity index (χ1v) is 6.59. The molecule has 0 bridgehead atoms. The van der Waals surface area contributed by atoms with Crippen molar-refractivity contribution in [3.63, 3.8) is 0 Å². The van der Waals surface area contributed by atoms with E-state index in [1.807, 2.05) is 6.20 Å². The molecule has 1 aromatic heterocycles. The summed E-state index contributed by atoms with van der Waals surface area (Å²) < 4.78 is 5.39. The number of hydrogen-bond donors (Lipinski definition) is 0. The fourth-order valence-electron chi connectivity index (χ4n) is 2.30. The van der Waals surface area contributed by atoms with Crippen molar-refractivity contribution in [1.82, 2.24) is 4.98 Å². The lowest BCUT2D eigenvalue weighted by atomic mass is 9.86. The lowest BCUT2D eigenvalue weighted by molar-refractivity contribution is 0.0662. The molecule has 0 spiro atoms. The summed E-state index contributed by atoms with van der Waals surface area (Å²) in [6.45, 7) is 8.59. The molecule has 0 unspecified atom stereocenters. The minimum absolute atomic E-state index is 0.216. The summed E-state index contributed by atoms with van der Waals surface area (Å²) in [5, 5.41) is 0. The van der Waals surface area contributed by atoms with Crippen LogP contribution in [0, 0.1) is 5.92 Å².